The second kappa shape index (κ2) is 9.50. The smallest absolute Gasteiger partial charge is 0.372 e. The third-order valence-corrected chi connectivity index (χ3v) is 6.46. The minimum atomic E-state index is -0.976. The van der Waals surface area contributed by atoms with E-state index in [-0.39, 0.29) is 22.6 Å². The van der Waals surface area contributed by atoms with Gasteiger partial charge in [-0.3, -0.25) is 4.79 Å². The highest BCUT2D eigenvalue weighted by Gasteiger charge is 2.21. The fourth-order valence-corrected chi connectivity index (χ4v) is 4.97. The van der Waals surface area contributed by atoms with E-state index < -0.39 is 16.9 Å². The standard InChI is InChI=1S/C28H35NO4/c1-15(2)21-13-23-24(14-22(21)16(3)4)27(31)33-28(32)29(26(23)30)20-11-9-19(10-12-20)25(17(5)6)18(7)8/h9-18,25H,1-8H3. The molecule has 0 atom stereocenters. The van der Waals surface area contributed by atoms with Crippen molar-refractivity contribution in [3.05, 3.63) is 84.4 Å². The zero-order valence-corrected chi connectivity index (χ0v) is 20.9. The van der Waals surface area contributed by atoms with Crippen molar-refractivity contribution >= 4 is 10.8 Å². The van der Waals surface area contributed by atoms with Crippen molar-refractivity contribution in [1.82, 2.24) is 4.57 Å². The van der Waals surface area contributed by atoms with Crippen molar-refractivity contribution in [2.75, 3.05) is 0 Å². The number of hydrogen-bond donors (Lipinski definition) is 0. The number of fused-ring (bicyclic) bond motifs is 1. The Hall–Kier alpha value is -2.95. The molecule has 2 aromatic carbocycles. The van der Waals surface area contributed by atoms with Crippen molar-refractivity contribution in [2.45, 2.75) is 73.1 Å². The fourth-order valence-electron chi connectivity index (χ4n) is 4.97. The first-order chi connectivity index (χ1) is 15.4. The summed E-state index contributed by atoms with van der Waals surface area (Å²) in [6.45, 7) is 16.9. The molecule has 0 aliphatic rings. The summed E-state index contributed by atoms with van der Waals surface area (Å²) in [6.07, 6.45) is 0. The fraction of sp³-hybridized carbons (Fsp3) is 0.464. The van der Waals surface area contributed by atoms with Gasteiger partial charge in [-0.15, -0.1) is 0 Å². The first kappa shape index (κ1) is 24.7. The molecule has 0 aliphatic carbocycles. The lowest BCUT2D eigenvalue weighted by molar-refractivity contribution is 0.388. The maximum atomic E-state index is 13.6. The maximum Gasteiger partial charge on any atom is 0.429 e. The molecule has 0 radical (unpaired) electrons. The topological polar surface area (TPSA) is 69.3 Å². The highest BCUT2D eigenvalue weighted by molar-refractivity contribution is 5.82. The molecule has 0 saturated heterocycles. The van der Waals surface area contributed by atoms with Crippen LogP contribution in [0.2, 0.25) is 0 Å². The summed E-state index contributed by atoms with van der Waals surface area (Å²) in [5, 5.41) is 0.338. The van der Waals surface area contributed by atoms with Gasteiger partial charge in [0.1, 0.15) is 0 Å². The van der Waals surface area contributed by atoms with Crippen LogP contribution < -0.4 is 16.9 Å². The Morgan fingerprint density at radius 1 is 0.697 bits per heavy atom. The molecule has 1 aromatic heterocycles. The summed E-state index contributed by atoms with van der Waals surface area (Å²) in [6, 6.07) is 10.9. The maximum absolute atomic E-state index is 13.6. The van der Waals surface area contributed by atoms with Crippen molar-refractivity contribution in [3.63, 3.8) is 0 Å². The Morgan fingerprint density at radius 3 is 1.64 bits per heavy atom. The lowest BCUT2D eigenvalue weighted by Gasteiger charge is -2.25. The number of aromatic nitrogens is 1. The van der Waals surface area contributed by atoms with Crippen LogP contribution >= 0.6 is 0 Å². The largest absolute Gasteiger partial charge is 0.429 e. The summed E-state index contributed by atoms with van der Waals surface area (Å²) in [5.41, 5.74) is 2.17. The Labute approximate surface area is 195 Å². The molecule has 0 aliphatic heterocycles. The highest BCUT2D eigenvalue weighted by atomic mass is 16.4. The Kier molecular flexibility index (Phi) is 7.11. The molecule has 5 nitrogen and oxygen atoms in total. The van der Waals surface area contributed by atoms with Crippen LogP contribution in [0.1, 0.15) is 89.8 Å². The van der Waals surface area contributed by atoms with E-state index in [2.05, 4.69) is 41.5 Å². The van der Waals surface area contributed by atoms with E-state index in [4.69, 9.17) is 4.42 Å². The zero-order chi connectivity index (χ0) is 24.6. The van der Waals surface area contributed by atoms with Crippen LogP contribution in [0.25, 0.3) is 16.5 Å². The molecule has 0 bridgehead atoms. The molecule has 0 unspecified atom stereocenters. The molecule has 0 spiro atoms. The van der Waals surface area contributed by atoms with Gasteiger partial charge in [0.05, 0.1) is 16.5 Å². The second-order valence-corrected chi connectivity index (χ2v) is 10.2. The number of hydrogen-bond acceptors (Lipinski definition) is 4. The van der Waals surface area contributed by atoms with Crippen LogP contribution in [0.15, 0.2) is 55.2 Å². The normalized spacial score (nSPS) is 12.2. The van der Waals surface area contributed by atoms with Crippen LogP contribution in [0.4, 0.5) is 0 Å². The quantitative estimate of drug-likeness (QED) is 0.466. The van der Waals surface area contributed by atoms with Gasteiger partial charge in [0, 0.05) is 0 Å². The predicted molar refractivity (Wildman–Crippen MR) is 135 cm³/mol. The lowest BCUT2D eigenvalue weighted by atomic mass is 9.80. The minimum Gasteiger partial charge on any atom is -0.372 e. The number of nitrogens with zero attached hydrogens (tertiary/aromatic N) is 1. The molecular formula is C28H35NO4. The van der Waals surface area contributed by atoms with Gasteiger partial charge in [-0.1, -0.05) is 67.5 Å². The van der Waals surface area contributed by atoms with E-state index in [0.29, 0.717) is 23.4 Å². The SMILES string of the molecule is CC(C)c1cc2c(=O)oc(=O)n(-c3ccc(C(C(C)C)C(C)C)cc3)c(=O)c2cc1C(C)C. The van der Waals surface area contributed by atoms with Gasteiger partial charge in [-0.25, -0.2) is 14.2 Å². The van der Waals surface area contributed by atoms with Gasteiger partial charge in [0.25, 0.3) is 5.56 Å². The molecular weight excluding hydrogens is 414 g/mol. The van der Waals surface area contributed by atoms with E-state index in [9.17, 15) is 14.4 Å². The van der Waals surface area contributed by atoms with Crippen LogP contribution in [0.5, 0.6) is 0 Å². The Bertz CT molecular complexity index is 1320. The van der Waals surface area contributed by atoms with Crippen molar-refractivity contribution < 1.29 is 4.42 Å². The average Bonchev–Trinajstić information content (AvgIpc) is 2.81. The molecule has 0 N–H and O–H groups in total. The molecule has 33 heavy (non-hydrogen) atoms. The summed E-state index contributed by atoms with van der Waals surface area (Å²) in [7, 11) is 0. The summed E-state index contributed by atoms with van der Waals surface area (Å²) < 4.78 is 6.06. The third-order valence-electron chi connectivity index (χ3n) is 6.46. The minimum absolute atomic E-state index is 0.139. The Balaban J connectivity index is 2.32. The van der Waals surface area contributed by atoms with Crippen LogP contribution in [0.3, 0.4) is 0 Å². The van der Waals surface area contributed by atoms with Gasteiger partial charge in [-0.2, -0.15) is 0 Å². The van der Waals surface area contributed by atoms with E-state index in [1.165, 1.54) is 0 Å². The molecule has 0 fully saturated rings. The van der Waals surface area contributed by atoms with E-state index in [0.717, 1.165) is 21.3 Å². The van der Waals surface area contributed by atoms with Crippen LogP contribution in [0, 0.1) is 11.8 Å². The number of benzene rings is 2. The van der Waals surface area contributed by atoms with E-state index in [1.807, 2.05) is 26.0 Å². The number of rotatable bonds is 6. The van der Waals surface area contributed by atoms with Crippen molar-refractivity contribution in [1.29, 1.82) is 0 Å². The molecule has 1 heterocycles. The zero-order valence-electron chi connectivity index (χ0n) is 20.9. The van der Waals surface area contributed by atoms with Crippen molar-refractivity contribution in [3.8, 4) is 5.69 Å². The van der Waals surface area contributed by atoms with Gasteiger partial charge in [0.15, 0.2) is 0 Å². The summed E-state index contributed by atoms with van der Waals surface area (Å²) in [4.78, 5) is 39.2. The first-order valence-electron chi connectivity index (χ1n) is 11.8. The molecule has 0 amide bonds. The van der Waals surface area contributed by atoms with Gasteiger partial charge >= 0.3 is 11.4 Å². The Morgan fingerprint density at radius 2 is 1.18 bits per heavy atom. The van der Waals surface area contributed by atoms with Crippen LogP contribution in [-0.4, -0.2) is 4.57 Å². The molecule has 5 heteroatoms. The third kappa shape index (κ3) is 4.73. The monoisotopic (exact) mass is 449 g/mol. The van der Waals surface area contributed by atoms with Crippen molar-refractivity contribution in [2.24, 2.45) is 11.8 Å². The van der Waals surface area contributed by atoms with E-state index >= 15 is 0 Å². The van der Waals surface area contributed by atoms with Gasteiger partial charge < -0.3 is 4.42 Å². The molecule has 0 saturated carbocycles. The van der Waals surface area contributed by atoms with Gasteiger partial charge in [0.2, 0.25) is 0 Å². The predicted octanol–water partition coefficient (Wildman–Crippen LogP) is 5.95. The second-order valence-electron chi connectivity index (χ2n) is 10.2. The highest BCUT2D eigenvalue weighted by Crippen LogP contribution is 2.32. The van der Waals surface area contributed by atoms with Gasteiger partial charge in [-0.05, 0) is 70.5 Å². The molecule has 3 rings (SSSR count). The molecule has 176 valence electrons. The van der Waals surface area contributed by atoms with Crippen LogP contribution in [-0.2, 0) is 0 Å². The first-order valence-corrected chi connectivity index (χ1v) is 11.8. The summed E-state index contributed by atoms with van der Waals surface area (Å²) in [5.74, 6) is 0.608. The summed E-state index contributed by atoms with van der Waals surface area (Å²) >= 11 is 0. The average molecular weight is 450 g/mol. The lowest BCUT2D eigenvalue weighted by Crippen LogP contribution is -2.28. The molecule has 3 aromatic rings. The van der Waals surface area contributed by atoms with E-state index in [1.54, 1.807) is 24.3 Å².